The lowest BCUT2D eigenvalue weighted by molar-refractivity contribution is -0.157. The van der Waals surface area contributed by atoms with E-state index in [9.17, 15) is 4.79 Å². The van der Waals surface area contributed by atoms with Gasteiger partial charge in [-0.05, 0) is 31.7 Å². The molecule has 1 atom stereocenters. The van der Waals surface area contributed by atoms with E-state index >= 15 is 0 Å². The highest BCUT2D eigenvalue weighted by Crippen LogP contribution is 2.32. The third-order valence-corrected chi connectivity index (χ3v) is 3.68. The smallest absolute Gasteiger partial charge is 0.313 e. The molecule has 5 nitrogen and oxygen atoms in total. The average molecular weight is 267 g/mol. The molecule has 0 saturated carbocycles. The van der Waals surface area contributed by atoms with Crippen LogP contribution < -0.4 is 5.73 Å². The fourth-order valence-electron chi connectivity index (χ4n) is 2.21. The number of aryl methyl sites for hydroxylation is 1. The molecular weight excluding hydrogens is 242 g/mol. The fourth-order valence-corrected chi connectivity index (χ4v) is 2.21. The predicted molar refractivity (Wildman–Crippen MR) is 74.6 cm³/mol. The van der Waals surface area contributed by atoms with Crippen LogP contribution in [0.1, 0.15) is 33.3 Å². The Morgan fingerprint density at radius 2 is 2.21 bits per heavy atom. The number of hydrogen-bond donors (Lipinski definition) is 1. The average Bonchev–Trinajstić information content (AvgIpc) is 2.83. The summed E-state index contributed by atoms with van der Waals surface area (Å²) in [5.41, 5.74) is 6.25. The molecule has 0 aliphatic carbocycles. The molecule has 1 aromatic heterocycles. The van der Waals surface area contributed by atoms with Gasteiger partial charge in [0.2, 0.25) is 0 Å². The lowest BCUT2D eigenvalue weighted by atomic mass is 9.73. The summed E-state index contributed by atoms with van der Waals surface area (Å²) >= 11 is 0. The molecule has 1 aromatic rings. The quantitative estimate of drug-likeness (QED) is 0.762. The standard InChI is InChI=1S/C14H25N3O2/c1-5-17-9-12(8-16-17)7-14(10-15,11(3)4)13(18)19-6-2/h8-9,11H,5-7,10,15H2,1-4H3. The third-order valence-electron chi connectivity index (χ3n) is 3.68. The molecule has 2 N–H and O–H groups in total. The van der Waals surface area contributed by atoms with Gasteiger partial charge in [-0.15, -0.1) is 0 Å². The van der Waals surface area contributed by atoms with Crippen molar-refractivity contribution in [3.63, 3.8) is 0 Å². The minimum absolute atomic E-state index is 0.113. The van der Waals surface area contributed by atoms with E-state index in [1.165, 1.54) is 0 Å². The molecular formula is C14H25N3O2. The Kier molecular flexibility index (Phi) is 5.54. The summed E-state index contributed by atoms with van der Waals surface area (Å²) in [7, 11) is 0. The van der Waals surface area contributed by atoms with Crippen LogP contribution in [0.25, 0.3) is 0 Å². The first-order chi connectivity index (χ1) is 9.00. The Hall–Kier alpha value is -1.36. The van der Waals surface area contributed by atoms with Crippen molar-refractivity contribution >= 4 is 5.97 Å². The second kappa shape index (κ2) is 6.70. The highest BCUT2D eigenvalue weighted by Gasteiger charge is 2.42. The van der Waals surface area contributed by atoms with Gasteiger partial charge in [-0.25, -0.2) is 0 Å². The van der Waals surface area contributed by atoms with Crippen LogP contribution in [0, 0.1) is 11.3 Å². The van der Waals surface area contributed by atoms with E-state index in [0.29, 0.717) is 13.0 Å². The molecule has 0 radical (unpaired) electrons. The molecule has 0 spiro atoms. The lowest BCUT2D eigenvalue weighted by Gasteiger charge is -2.33. The first-order valence-corrected chi connectivity index (χ1v) is 6.88. The third kappa shape index (κ3) is 3.35. The highest BCUT2D eigenvalue weighted by atomic mass is 16.5. The van der Waals surface area contributed by atoms with E-state index in [-0.39, 0.29) is 18.4 Å². The SMILES string of the molecule is CCOC(=O)C(CN)(Cc1cnn(CC)c1)C(C)C. The zero-order valence-electron chi connectivity index (χ0n) is 12.3. The van der Waals surface area contributed by atoms with E-state index < -0.39 is 5.41 Å². The van der Waals surface area contributed by atoms with Gasteiger partial charge in [0.05, 0.1) is 18.2 Å². The molecule has 0 bridgehead atoms. The molecule has 0 aliphatic heterocycles. The summed E-state index contributed by atoms with van der Waals surface area (Å²) in [4.78, 5) is 12.3. The van der Waals surface area contributed by atoms with E-state index in [1.807, 2.05) is 38.6 Å². The number of nitrogens with zero attached hydrogens (tertiary/aromatic N) is 2. The van der Waals surface area contributed by atoms with Gasteiger partial charge in [0.15, 0.2) is 0 Å². The normalized spacial score (nSPS) is 14.4. The monoisotopic (exact) mass is 267 g/mol. The summed E-state index contributed by atoms with van der Waals surface area (Å²) in [5.74, 6) is -0.0988. The lowest BCUT2D eigenvalue weighted by Crippen LogP contribution is -2.46. The van der Waals surface area contributed by atoms with Crippen molar-refractivity contribution < 1.29 is 9.53 Å². The van der Waals surface area contributed by atoms with Gasteiger partial charge in [-0.2, -0.15) is 5.10 Å². The molecule has 0 saturated heterocycles. The van der Waals surface area contributed by atoms with Crippen LogP contribution in [0.3, 0.4) is 0 Å². The van der Waals surface area contributed by atoms with E-state index in [1.54, 1.807) is 6.20 Å². The van der Waals surface area contributed by atoms with Crippen LogP contribution in [0.15, 0.2) is 12.4 Å². The van der Waals surface area contributed by atoms with Crippen molar-refractivity contribution in [3.05, 3.63) is 18.0 Å². The van der Waals surface area contributed by atoms with Crippen molar-refractivity contribution in [1.29, 1.82) is 0 Å². The van der Waals surface area contributed by atoms with Gasteiger partial charge >= 0.3 is 5.97 Å². The van der Waals surface area contributed by atoms with Crippen LogP contribution >= 0.6 is 0 Å². The van der Waals surface area contributed by atoms with E-state index in [0.717, 1.165) is 12.1 Å². The van der Waals surface area contributed by atoms with Crippen molar-refractivity contribution in [2.45, 2.75) is 40.7 Å². The van der Waals surface area contributed by atoms with Crippen LogP contribution in [0.2, 0.25) is 0 Å². The number of carbonyl (C=O) groups is 1. The Morgan fingerprint density at radius 1 is 1.53 bits per heavy atom. The van der Waals surface area contributed by atoms with Gasteiger partial charge in [-0.3, -0.25) is 9.48 Å². The van der Waals surface area contributed by atoms with Crippen LogP contribution in [0.5, 0.6) is 0 Å². The summed E-state index contributed by atoms with van der Waals surface area (Å²) in [6.45, 7) is 9.33. The molecule has 0 aliphatic rings. The minimum atomic E-state index is -0.669. The maximum absolute atomic E-state index is 12.3. The highest BCUT2D eigenvalue weighted by molar-refractivity contribution is 5.78. The minimum Gasteiger partial charge on any atom is -0.466 e. The van der Waals surface area contributed by atoms with Crippen molar-refractivity contribution in [3.8, 4) is 0 Å². The number of esters is 1. The number of rotatable bonds is 7. The molecule has 1 rings (SSSR count). The Labute approximate surface area is 115 Å². The van der Waals surface area contributed by atoms with Gasteiger partial charge in [0.1, 0.15) is 0 Å². The topological polar surface area (TPSA) is 70.1 Å². The number of ether oxygens (including phenoxy) is 1. The van der Waals surface area contributed by atoms with Crippen molar-refractivity contribution in [2.75, 3.05) is 13.2 Å². The van der Waals surface area contributed by atoms with Gasteiger partial charge < -0.3 is 10.5 Å². The zero-order valence-corrected chi connectivity index (χ0v) is 12.3. The van der Waals surface area contributed by atoms with E-state index in [2.05, 4.69) is 5.10 Å². The predicted octanol–water partition coefficient (Wildman–Crippen LogP) is 1.61. The van der Waals surface area contributed by atoms with Crippen molar-refractivity contribution in [2.24, 2.45) is 17.1 Å². The number of aromatic nitrogens is 2. The summed E-state index contributed by atoms with van der Waals surface area (Å²) in [6, 6.07) is 0. The second-order valence-corrected chi connectivity index (χ2v) is 5.12. The fraction of sp³-hybridized carbons (Fsp3) is 0.714. The van der Waals surface area contributed by atoms with Gasteiger partial charge in [0, 0.05) is 19.3 Å². The Balaban J connectivity index is 2.99. The first kappa shape index (κ1) is 15.7. The number of hydrogen-bond acceptors (Lipinski definition) is 4. The van der Waals surface area contributed by atoms with E-state index in [4.69, 9.17) is 10.5 Å². The Bertz CT molecular complexity index is 415. The van der Waals surface area contributed by atoms with Crippen LogP contribution in [-0.2, 0) is 22.5 Å². The maximum Gasteiger partial charge on any atom is 0.313 e. The first-order valence-electron chi connectivity index (χ1n) is 6.88. The van der Waals surface area contributed by atoms with Gasteiger partial charge in [0.25, 0.3) is 0 Å². The number of carbonyl (C=O) groups excluding carboxylic acids is 1. The summed E-state index contributed by atoms with van der Waals surface area (Å²) in [5, 5.41) is 4.24. The molecule has 5 heteroatoms. The van der Waals surface area contributed by atoms with Crippen LogP contribution in [0.4, 0.5) is 0 Å². The zero-order chi connectivity index (χ0) is 14.5. The van der Waals surface area contributed by atoms with Crippen molar-refractivity contribution in [1.82, 2.24) is 9.78 Å². The molecule has 0 aromatic carbocycles. The Morgan fingerprint density at radius 3 is 2.63 bits per heavy atom. The number of nitrogens with two attached hydrogens (primary N) is 1. The summed E-state index contributed by atoms with van der Waals surface area (Å²) in [6.07, 6.45) is 4.33. The van der Waals surface area contributed by atoms with Gasteiger partial charge in [-0.1, -0.05) is 13.8 Å². The van der Waals surface area contributed by atoms with Crippen LogP contribution in [-0.4, -0.2) is 28.9 Å². The molecule has 1 unspecified atom stereocenters. The molecule has 1 heterocycles. The molecule has 19 heavy (non-hydrogen) atoms. The molecule has 108 valence electrons. The largest absolute Gasteiger partial charge is 0.466 e. The molecule has 0 amide bonds. The summed E-state index contributed by atoms with van der Waals surface area (Å²) < 4.78 is 7.07. The molecule has 0 fully saturated rings. The maximum atomic E-state index is 12.3. The second-order valence-electron chi connectivity index (χ2n) is 5.12.